The zero-order valence-corrected chi connectivity index (χ0v) is 21.6. The summed E-state index contributed by atoms with van der Waals surface area (Å²) < 4.78 is 16.5. The van der Waals surface area contributed by atoms with Gasteiger partial charge < -0.3 is 9.88 Å². The van der Waals surface area contributed by atoms with Gasteiger partial charge in [-0.05, 0) is 61.1 Å². The number of anilines is 1. The molecule has 1 heterocycles. The maximum atomic E-state index is 14.6. The number of aryl methyl sites for hydroxylation is 1. The average Bonchev–Trinajstić information content (AvgIpc) is 3.30. The number of thioether (sulfide) groups is 1. The molecule has 0 saturated carbocycles. The number of halogens is 1. The lowest BCUT2D eigenvalue weighted by atomic mass is 9.99. The molecule has 1 amide bonds. The van der Waals surface area contributed by atoms with Crippen molar-refractivity contribution in [2.45, 2.75) is 56.5 Å². The number of hydrogen-bond acceptors (Lipinski definition) is 4. The normalized spacial score (nSPS) is 12.8. The molecular weight excluding hydrogens is 471 g/mol. The van der Waals surface area contributed by atoms with Gasteiger partial charge in [-0.25, -0.2) is 4.39 Å². The average molecular weight is 503 g/mol. The summed E-state index contributed by atoms with van der Waals surface area (Å²) in [7, 11) is 0. The van der Waals surface area contributed by atoms with Crippen molar-refractivity contribution >= 4 is 23.4 Å². The summed E-state index contributed by atoms with van der Waals surface area (Å²) >= 11 is 1.32. The lowest BCUT2D eigenvalue weighted by Crippen LogP contribution is -2.23. The smallest absolute Gasteiger partial charge is 0.237 e. The highest BCUT2D eigenvalue weighted by molar-refractivity contribution is 8.00. The maximum absolute atomic E-state index is 14.6. The quantitative estimate of drug-likeness (QED) is 0.238. The molecule has 0 bridgehead atoms. The van der Waals surface area contributed by atoms with E-state index in [1.807, 2.05) is 41.8 Å². The second-order valence-corrected chi connectivity index (χ2v) is 10.2. The molecular formula is C29H31FN4OS. The molecule has 0 aliphatic carbocycles. The minimum Gasteiger partial charge on any atom is -0.325 e. The summed E-state index contributed by atoms with van der Waals surface area (Å²) in [5, 5.41) is 11.8. The standard InChI is InChI=1S/C29H31FN4OS/c1-4-20(2)23-14-16-24(17-15-23)31-28(35)21(3)36-29-33-32-27(25-12-8-9-13-26(25)30)34(29)19-18-22-10-6-5-7-11-22/h5-17,20-21H,4,18-19H2,1-3H3,(H,31,35)/t20-,21-/m0/s1. The predicted molar refractivity (Wildman–Crippen MR) is 145 cm³/mol. The van der Waals surface area contributed by atoms with Crippen molar-refractivity contribution < 1.29 is 9.18 Å². The third-order valence-corrected chi connectivity index (χ3v) is 7.39. The van der Waals surface area contributed by atoms with Gasteiger partial charge in [-0.3, -0.25) is 4.79 Å². The van der Waals surface area contributed by atoms with Crippen LogP contribution in [-0.4, -0.2) is 25.9 Å². The van der Waals surface area contributed by atoms with Crippen LogP contribution < -0.4 is 5.32 Å². The van der Waals surface area contributed by atoms with Crippen molar-refractivity contribution in [1.82, 2.24) is 14.8 Å². The van der Waals surface area contributed by atoms with E-state index < -0.39 is 5.25 Å². The van der Waals surface area contributed by atoms with Gasteiger partial charge in [0, 0.05) is 12.2 Å². The fourth-order valence-electron chi connectivity index (χ4n) is 3.89. The predicted octanol–water partition coefficient (Wildman–Crippen LogP) is 6.96. The molecule has 1 aromatic heterocycles. The van der Waals surface area contributed by atoms with Crippen LogP contribution in [0, 0.1) is 5.82 Å². The lowest BCUT2D eigenvalue weighted by molar-refractivity contribution is -0.115. The Balaban J connectivity index is 1.52. The number of amides is 1. The Morgan fingerprint density at radius 2 is 1.67 bits per heavy atom. The molecule has 0 saturated heterocycles. The van der Waals surface area contributed by atoms with Crippen molar-refractivity contribution in [1.29, 1.82) is 0 Å². The van der Waals surface area contributed by atoms with Gasteiger partial charge in [-0.2, -0.15) is 0 Å². The van der Waals surface area contributed by atoms with Gasteiger partial charge >= 0.3 is 0 Å². The van der Waals surface area contributed by atoms with Crippen molar-refractivity contribution in [3.8, 4) is 11.4 Å². The molecule has 0 radical (unpaired) electrons. The van der Waals surface area contributed by atoms with E-state index >= 15 is 0 Å². The third-order valence-electron chi connectivity index (χ3n) is 6.31. The summed E-state index contributed by atoms with van der Waals surface area (Å²) in [6.45, 7) is 6.76. The Kier molecular flexibility index (Phi) is 8.54. The van der Waals surface area contributed by atoms with Crippen LogP contribution in [0.5, 0.6) is 0 Å². The Labute approximate surface area is 216 Å². The second-order valence-electron chi connectivity index (χ2n) is 8.85. The molecule has 0 fully saturated rings. The topological polar surface area (TPSA) is 59.8 Å². The molecule has 4 aromatic rings. The van der Waals surface area contributed by atoms with Gasteiger partial charge in [0.1, 0.15) is 5.82 Å². The first-order valence-corrected chi connectivity index (χ1v) is 13.1. The molecule has 36 heavy (non-hydrogen) atoms. The van der Waals surface area contributed by atoms with Crippen LogP contribution in [0.25, 0.3) is 11.4 Å². The van der Waals surface area contributed by atoms with E-state index in [1.54, 1.807) is 18.2 Å². The molecule has 2 atom stereocenters. The van der Waals surface area contributed by atoms with Gasteiger partial charge in [0.15, 0.2) is 11.0 Å². The number of benzene rings is 3. The van der Waals surface area contributed by atoms with Crippen molar-refractivity contribution in [3.05, 3.63) is 95.8 Å². The number of carbonyl (C=O) groups excluding carboxylic acids is 1. The van der Waals surface area contributed by atoms with E-state index in [-0.39, 0.29) is 11.7 Å². The fraction of sp³-hybridized carbons (Fsp3) is 0.276. The summed E-state index contributed by atoms with van der Waals surface area (Å²) in [6, 6.07) is 24.6. The van der Waals surface area contributed by atoms with Gasteiger partial charge in [-0.1, -0.05) is 80.2 Å². The molecule has 7 heteroatoms. The van der Waals surface area contributed by atoms with Crippen LogP contribution in [-0.2, 0) is 17.8 Å². The first-order chi connectivity index (χ1) is 17.5. The van der Waals surface area contributed by atoms with Crippen molar-refractivity contribution in [2.75, 3.05) is 5.32 Å². The first-order valence-electron chi connectivity index (χ1n) is 12.3. The summed E-state index contributed by atoms with van der Waals surface area (Å²) in [5.74, 6) is 0.463. The molecule has 5 nitrogen and oxygen atoms in total. The number of carbonyl (C=O) groups is 1. The molecule has 3 aromatic carbocycles. The lowest BCUT2D eigenvalue weighted by Gasteiger charge is -2.15. The van der Waals surface area contributed by atoms with Crippen molar-refractivity contribution in [3.63, 3.8) is 0 Å². The minimum absolute atomic E-state index is 0.124. The molecule has 4 rings (SSSR count). The fourth-order valence-corrected chi connectivity index (χ4v) is 4.77. The van der Waals surface area contributed by atoms with Crippen molar-refractivity contribution in [2.24, 2.45) is 0 Å². The summed E-state index contributed by atoms with van der Waals surface area (Å²) in [6.07, 6.45) is 1.80. The van der Waals surface area contributed by atoms with Gasteiger partial charge in [0.2, 0.25) is 5.91 Å². The summed E-state index contributed by atoms with van der Waals surface area (Å²) in [5.41, 5.74) is 3.57. The van der Waals surface area contributed by atoms with E-state index in [0.717, 1.165) is 24.1 Å². The zero-order chi connectivity index (χ0) is 25.5. The molecule has 0 aliphatic heterocycles. The maximum Gasteiger partial charge on any atom is 0.237 e. The molecule has 0 unspecified atom stereocenters. The highest BCUT2D eigenvalue weighted by Gasteiger charge is 2.22. The Morgan fingerprint density at radius 3 is 2.36 bits per heavy atom. The van der Waals surface area contributed by atoms with E-state index in [4.69, 9.17) is 0 Å². The number of hydrogen-bond donors (Lipinski definition) is 1. The molecule has 0 aliphatic rings. The van der Waals surface area contributed by atoms with E-state index in [2.05, 4.69) is 53.6 Å². The van der Waals surface area contributed by atoms with E-state index in [9.17, 15) is 9.18 Å². The minimum atomic E-state index is -0.424. The number of aromatic nitrogens is 3. The zero-order valence-electron chi connectivity index (χ0n) is 20.8. The Bertz CT molecular complexity index is 1290. The second kappa shape index (κ2) is 12.0. The number of nitrogens with one attached hydrogen (secondary N) is 1. The highest BCUT2D eigenvalue weighted by Crippen LogP contribution is 2.29. The third kappa shape index (κ3) is 6.21. The molecule has 186 valence electrons. The highest BCUT2D eigenvalue weighted by atomic mass is 32.2. The van der Waals surface area contributed by atoms with Crippen LogP contribution in [0.4, 0.5) is 10.1 Å². The Morgan fingerprint density at radius 1 is 0.972 bits per heavy atom. The van der Waals surface area contributed by atoms with Crippen LogP contribution in [0.1, 0.15) is 44.2 Å². The van der Waals surface area contributed by atoms with E-state index in [1.165, 1.54) is 23.4 Å². The van der Waals surface area contributed by atoms with Crippen LogP contribution in [0.15, 0.2) is 84.0 Å². The summed E-state index contributed by atoms with van der Waals surface area (Å²) in [4.78, 5) is 13.0. The van der Waals surface area contributed by atoms with Crippen LogP contribution in [0.2, 0.25) is 0 Å². The molecule has 1 N–H and O–H groups in total. The monoisotopic (exact) mass is 502 g/mol. The first kappa shape index (κ1) is 25.6. The van der Waals surface area contributed by atoms with E-state index in [0.29, 0.717) is 29.0 Å². The number of nitrogens with zero attached hydrogens (tertiary/aromatic N) is 3. The SMILES string of the molecule is CC[C@H](C)c1ccc(NC(=O)[C@H](C)Sc2nnc(-c3ccccc3F)n2CCc2ccccc2)cc1. The molecule has 0 spiro atoms. The number of rotatable bonds is 10. The van der Waals surface area contributed by atoms with Crippen LogP contribution in [0.3, 0.4) is 0 Å². The largest absolute Gasteiger partial charge is 0.325 e. The van der Waals surface area contributed by atoms with Gasteiger partial charge in [-0.15, -0.1) is 10.2 Å². The van der Waals surface area contributed by atoms with Crippen LogP contribution >= 0.6 is 11.8 Å². The Hall–Kier alpha value is -3.45. The van der Waals surface area contributed by atoms with Gasteiger partial charge in [0.05, 0.1) is 10.8 Å². The van der Waals surface area contributed by atoms with Gasteiger partial charge in [0.25, 0.3) is 0 Å².